The van der Waals surface area contributed by atoms with Crippen LogP contribution in [-0.2, 0) is 4.79 Å². The van der Waals surface area contributed by atoms with E-state index in [0.29, 0.717) is 24.5 Å². The Kier molecular flexibility index (Phi) is 5.80. The molecular weight excluding hydrogens is 342 g/mol. The molecule has 0 saturated carbocycles. The minimum Gasteiger partial charge on any atom is -0.493 e. The van der Waals surface area contributed by atoms with Crippen LogP contribution < -0.4 is 14.4 Å². The lowest BCUT2D eigenvalue weighted by molar-refractivity contribution is -0.114. The van der Waals surface area contributed by atoms with Gasteiger partial charge < -0.3 is 19.5 Å². The van der Waals surface area contributed by atoms with Gasteiger partial charge in [-0.1, -0.05) is 30.2 Å². The number of rotatable bonds is 5. The van der Waals surface area contributed by atoms with Crippen molar-refractivity contribution in [2.75, 3.05) is 25.2 Å². The first-order valence-corrected chi connectivity index (χ1v) is 8.65. The van der Waals surface area contributed by atoms with Crippen molar-refractivity contribution in [3.8, 4) is 23.8 Å². The van der Waals surface area contributed by atoms with Crippen molar-refractivity contribution in [1.29, 1.82) is 0 Å². The summed E-state index contributed by atoms with van der Waals surface area (Å²) < 4.78 is 10.7. The monoisotopic (exact) mass is 363 g/mol. The zero-order valence-corrected chi connectivity index (χ0v) is 15.1. The number of carbonyl (C=O) groups excluding carboxylic acids is 1. The minimum absolute atomic E-state index is 0.138. The number of aliphatic hydroxyl groups is 1. The highest BCUT2D eigenvalue weighted by Gasteiger charge is 2.25. The number of hydrogen-bond donors (Lipinski definition) is 1. The molecule has 0 aromatic heterocycles. The summed E-state index contributed by atoms with van der Waals surface area (Å²) in [7, 11) is 1.55. The zero-order chi connectivity index (χ0) is 19.2. The van der Waals surface area contributed by atoms with Crippen LogP contribution in [0, 0.1) is 12.3 Å². The highest BCUT2D eigenvalue weighted by molar-refractivity contribution is 6.04. The lowest BCUT2D eigenvalue weighted by Crippen LogP contribution is -2.35. The van der Waals surface area contributed by atoms with E-state index in [1.54, 1.807) is 30.2 Å². The molecule has 2 aromatic carbocycles. The van der Waals surface area contributed by atoms with Crippen LogP contribution in [0.4, 0.5) is 5.69 Å². The lowest BCUT2D eigenvalue weighted by Gasteiger charge is -2.31. The van der Waals surface area contributed by atoms with Crippen molar-refractivity contribution in [2.45, 2.75) is 12.5 Å². The number of amides is 1. The molecule has 1 amide bonds. The molecule has 3 rings (SSSR count). The summed E-state index contributed by atoms with van der Waals surface area (Å²) in [5.41, 5.74) is 2.34. The van der Waals surface area contributed by atoms with E-state index in [-0.39, 0.29) is 12.5 Å². The van der Waals surface area contributed by atoms with Gasteiger partial charge in [-0.2, -0.15) is 0 Å². The zero-order valence-electron chi connectivity index (χ0n) is 15.1. The number of methoxy groups -OCH3 is 1. The average molecular weight is 363 g/mol. The Bertz CT molecular complexity index is 897. The predicted molar refractivity (Wildman–Crippen MR) is 105 cm³/mol. The molecule has 138 valence electrons. The van der Waals surface area contributed by atoms with Gasteiger partial charge in [-0.25, -0.2) is 0 Å². The summed E-state index contributed by atoms with van der Waals surface area (Å²) in [6.45, 7) is 0.633. The van der Waals surface area contributed by atoms with Crippen LogP contribution in [0.2, 0.25) is 0 Å². The third-order valence-corrected chi connectivity index (χ3v) is 4.40. The van der Waals surface area contributed by atoms with Gasteiger partial charge in [0.1, 0.15) is 6.61 Å². The largest absolute Gasteiger partial charge is 0.493 e. The van der Waals surface area contributed by atoms with Crippen LogP contribution >= 0.6 is 0 Å². The van der Waals surface area contributed by atoms with Gasteiger partial charge in [0.25, 0.3) is 5.91 Å². The van der Waals surface area contributed by atoms with Crippen molar-refractivity contribution < 1.29 is 19.4 Å². The van der Waals surface area contributed by atoms with Crippen LogP contribution in [0.1, 0.15) is 23.7 Å². The molecule has 0 fully saturated rings. The number of anilines is 1. The SMILES string of the molecule is C#CCOc1ccc(/C=C/C(=O)N2CCC(O)c3ccccc32)cc1OC. The Hall–Kier alpha value is -3.23. The number of hydrogen-bond acceptors (Lipinski definition) is 4. The summed E-state index contributed by atoms with van der Waals surface area (Å²) in [5.74, 6) is 3.37. The first kappa shape index (κ1) is 18.6. The average Bonchev–Trinajstić information content (AvgIpc) is 2.71. The maximum atomic E-state index is 12.7. The number of aliphatic hydroxyl groups excluding tert-OH is 1. The molecule has 27 heavy (non-hydrogen) atoms. The van der Waals surface area contributed by atoms with Crippen LogP contribution in [0.15, 0.2) is 48.5 Å². The third-order valence-electron chi connectivity index (χ3n) is 4.40. The third kappa shape index (κ3) is 4.13. The number of fused-ring (bicyclic) bond motifs is 1. The quantitative estimate of drug-likeness (QED) is 0.655. The first-order valence-electron chi connectivity index (χ1n) is 8.65. The van der Waals surface area contributed by atoms with E-state index in [0.717, 1.165) is 16.8 Å². The van der Waals surface area contributed by atoms with Crippen molar-refractivity contribution in [2.24, 2.45) is 0 Å². The number of nitrogens with zero attached hydrogens (tertiary/aromatic N) is 1. The Morgan fingerprint density at radius 3 is 2.93 bits per heavy atom. The topological polar surface area (TPSA) is 59.0 Å². The molecule has 1 N–H and O–H groups in total. The summed E-state index contributed by atoms with van der Waals surface area (Å²) in [6, 6.07) is 12.8. The van der Waals surface area contributed by atoms with Crippen LogP contribution in [0.5, 0.6) is 11.5 Å². The van der Waals surface area contributed by atoms with E-state index in [2.05, 4.69) is 5.92 Å². The standard InChI is InChI=1S/C22H21NO4/c1-3-14-27-20-10-8-16(15-21(20)26-2)9-11-22(25)23-13-12-19(24)17-6-4-5-7-18(17)23/h1,4-11,15,19,24H,12-14H2,2H3/b11-9+. The molecule has 1 aliphatic rings. The van der Waals surface area contributed by atoms with E-state index >= 15 is 0 Å². The smallest absolute Gasteiger partial charge is 0.251 e. The molecule has 0 saturated heterocycles. The van der Waals surface area contributed by atoms with Crippen LogP contribution in [-0.4, -0.2) is 31.3 Å². The summed E-state index contributed by atoms with van der Waals surface area (Å²) in [5, 5.41) is 10.1. The Labute approximate surface area is 158 Å². The summed E-state index contributed by atoms with van der Waals surface area (Å²) in [4.78, 5) is 14.4. The Morgan fingerprint density at radius 1 is 1.33 bits per heavy atom. The maximum absolute atomic E-state index is 12.7. The second-order valence-electron chi connectivity index (χ2n) is 6.09. The predicted octanol–water partition coefficient (Wildman–Crippen LogP) is 3.19. The Morgan fingerprint density at radius 2 is 2.15 bits per heavy atom. The maximum Gasteiger partial charge on any atom is 0.251 e. The van der Waals surface area contributed by atoms with E-state index in [9.17, 15) is 9.90 Å². The van der Waals surface area contributed by atoms with Crippen molar-refractivity contribution in [3.63, 3.8) is 0 Å². The molecule has 5 heteroatoms. The normalized spacial score (nSPS) is 15.9. The highest BCUT2D eigenvalue weighted by atomic mass is 16.5. The van der Waals surface area contributed by atoms with Crippen molar-refractivity contribution in [3.05, 3.63) is 59.7 Å². The summed E-state index contributed by atoms with van der Waals surface area (Å²) >= 11 is 0. The fraction of sp³-hybridized carbons (Fsp3) is 0.227. The molecule has 0 radical (unpaired) electrons. The van der Waals surface area contributed by atoms with Crippen LogP contribution in [0.3, 0.4) is 0 Å². The molecule has 1 atom stereocenters. The Balaban J connectivity index is 1.78. The van der Waals surface area contributed by atoms with Gasteiger partial charge in [0.2, 0.25) is 0 Å². The van der Waals surface area contributed by atoms with Gasteiger partial charge in [0.15, 0.2) is 11.5 Å². The molecule has 0 aliphatic carbocycles. The number of carbonyl (C=O) groups is 1. The minimum atomic E-state index is -0.533. The van der Waals surface area contributed by atoms with Gasteiger partial charge in [-0.3, -0.25) is 4.79 Å². The molecular formula is C22H21NO4. The first-order chi connectivity index (χ1) is 13.1. The second kappa shape index (κ2) is 8.43. The highest BCUT2D eigenvalue weighted by Crippen LogP contribution is 2.33. The number of ether oxygens (including phenoxy) is 2. The molecule has 0 spiro atoms. The van der Waals surface area contributed by atoms with Gasteiger partial charge in [0.05, 0.1) is 13.2 Å². The molecule has 1 aliphatic heterocycles. The van der Waals surface area contributed by atoms with E-state index in [4.69, 9.17) is 15.9 Å². The molecule has 1 heterocycles. The fourth-order valence-electron chi connectivity index (χ4n) is 3.06. The van der Waals surface area contributed by atoms with Gasteiger partial charge in [-0.15, -0.1) is 6.42 Å². The summed E-state index contributed by atoms with van der Waals surface area (Å²) in [6.07, 6.45) is 8.44. The van der Waals surface area contributed by atoms with Gasteiger partial charge in [-0.05, 0) is 36.3 Å². The van der Waals surface area contributed by atoms with Crippen LogP contribution in [0.25, 0.3) is 6.08 Å². The van der Waals surface area contributed by atoms with Crippen molar-refractivity contribution in [1.82, 2.24) is 0 Å². The number of benzene rings is 2. The molecule has 2 aromatic rings. The number of terminal acetylenes is 1. The molecule has 5 nitrogen and oxygen atoms in total. The van der Waals surface area contributed by atoms with E-state index < -0.39 is 6.10 Å². The molecule has 1 unspecified atom stereocenters. The van der Waals surface area contributed by atoms with E-state index in [1.807, 2.05) is 30.3 Å². The van der Waals surface area contributed by atoms with Crippen molar-refractivity contribution >= 4 is 17.7 Å². The number of para-hydroxylation sites is 1. The second-order valence-corrected chi connectivity index (χ2v) is 6.09. The molecule has 0 bridgehead atoms. The van der Waals surface area contributed by atoms with E-state index in [1.165, 1.54) is 6.08 Å². The van der Waals surface area contributed by atoms with Gasteiger partial charge >= 0.3 is 0 Å². The lowest BCUT2D eigenvalue weighted by atomic mass is 9.99. The van der Waals surface area contributed by atoms with Gasteiger partial charge in [0, 0.05) is 23.9 Å². The fourth-order valence-corrected chi connectivity index (χ4v) is 3.06.